The summed E-state index contributed by atoms with van der Waals surface area (Å²) in [6, 6.07) is 6.57. The molecule has 5 nitrogen and oxygen atoms in total. The maximum atomic E-state index is 11.9. The molecule has 1 aliphatic heterocycles. The zero-order chi connectivity index (χ0) is 14.5. The molecule has 5 heteroatoms. The van der Waals surface area contributed by atoms with Crippen molar-refractivity contribution in [1.82, 2.24) is 5.32 Å². The molecule has 1 aromatic carbocycles. The van der Waals surface area contributed by atoms with Crippen molar-refractivity contribution in [3.8, 4) is 0 Å². The van der Waals surface area contributed by atoms with Crippen molar-refractivity contribution in [2.75, 3.05) is 11.9 Å². The van der Waals surface area contributed by atoms with Gasteiger partial charge in [0, 0.05) is 17.9 Å². The molecule has 0 unspecified atom stereocenters. The number of nitrogens with one attached hydrogen (secondary N) is 2. The Labute approximate surface area is 118 Å². The van der Waals surface area contributed by atoms with Crippen molar-refractivity contribution in [3.63, 3.8) is 0 Å². The fourth-order valence-electron chi connectivity index (χ4n) is 2.28. The van der Waals surface area contributed by atoms with E-state index < -0.39 is 0 Å². The van der Waals surface area contributed by atoms with Gasteiger partial charge in [0.2, 0.25) is 0 Å². The molecule has 0 spiro atoms. The molecule has 0 radical (unpaired) electrons. The summed E-state index contributed by atoms with van der Waals surface area (Å²) in [4.78, 5) is 23.2. The highest BCUT2D eigenvalue weighted by atomic mass is 16.5. The van der Waals surface area contributed by atoms with Crippen LogP contribution in [-0.2, 0) is 4.74 Å². The number of rotatable bonds is 4. The van der Waals surface area contributed by atoms with Crippen molar-refractivity contribution < 1.29 is 14.3 Å². The molecule has 1 aliphatic rings. The van der Waals surface area contributed by atoms with E-state index in [0.717, 1.165) is 19.4 Å². The third-order valence-corrected chi connectivity index (χ3v) is 3.41. The summed E-state index contributed by atoms with van der Waals surface area (Å²) in [5.74, 6) is -0.0261. The minimum atomic E-state index is -0.284. The second kappa shape index (κ2) is 6.52. The molecule has 0 aliphatic carbocycles. The largest absolute Gasteiger partial charge is 0.376 e. The summed E-state index contributed by atoms with van der Waals surface area (Å²) in [6.45, 7) is 4.19. The van der Waals surface area contributed by atoms with Crippen LogP contribution >= 0.6 is 0 Å². The Bertz CT molecular complexity index is 496. The number of ether oxygens (including phenoxy) is 1. The highest BCUT2D eigenvalue weighted by Crippen LogP contribution is 2.16. The van der Waals surface area contributed by atoms with Gasteiger partial charge in [-0.15, -0.1) is 0 Å². The Morgan fingerprint density at radius 2 is 2.20 bits per heavy atom. The van der Waals surface area contributed by atoms with Gasteiger partial charge in [-0.05, 0) is 38.8 Å². The fraction of sp³-hybridized carbons (Fsp3) is 0.467. The Hall–Kier alpha value is -1.88. The summed E-state index contributed by atoms with van der Waals surface area (Å²) in [6.07, 6.45) is 2.10. The third kappa shape index (κ3) is 3.81. The maximum absolute atomic E-state index is 11.9. The van der Waals surface area contributed by atoms with Crippen LogP contribution in [0.25, 0.3) is 0 Å². The van der Waals surface area contributed by atoms with Gasteiger partial charge in [0.05, 0.1) is 12.1 Å². The van der Waals surface area contributed by atoms with Crippen LogP contribution < -0.4 is 10.6 Å². The minimum Gasteiger partial charge on any atom is -0.376 e. The number of hydrogen-bond donors (Lipinski definition) is 2. The topological polar surface area (TPSA) is 67.4 Å². The van der Waals surface area contributed by atoms with Crippen LogP contribution in [0.3, 0.4) is 0 Å². The van der Waals surface area contributed by atoms with Gasteiger partial charge in [-0.2, -0.15) is 0 Å². The first kappa shape index (κ1) is 14.5. The molecule has 20 heavy (non-hydrogen) atoms. The van der Waals surface area contributed by atoms with Crippen molar-refractivity contribution in [1.29, 1.82) is 0 Å². The Morgan fingerprint density at radius 3 is 2.85 bits per heavy atom. The lowest BCUT2D eigenvalue weighted by molar-refractivity contribution is 0.0868. The van der Waals surface area contributed by atoms with E-state index in [1.807, 2.05) is 6.92 Å². The molecular weight excluding hydrogens is 256 g/mol. The molecule has 2 amide bonds. The first-order chi connectivity index (χ1) is 9.56. The van der Waals surface area contributed by atoms with Crippen LogP contribution in [0.2, 0.25) is 0 Å². The lowest BCUT2D eigenvalue weighted by Gasteiger charge is -2.20. The van der Waals surface area contributed by atoms with Crippen LogP contribution in [0.4, 0.5) is 10.5 Å². The van der Waals surface area contributed by atoms with Gasteiger partial charge in [-0.25, -0.2) is 4.79 Å². The molecule has 2 rings (SSSR count). The molecule has 1 saturated heterocycles. The molecule has 2 N–H and O–H groups in total. The van der Waals surface area contributed by atoms with Crippen molar-refractivity contribution in [2.45, 2.75) is 38.8 Å². The van der Waals surface area contributed by atoms with Gasteiger partial charge < -0.3 is 15.4 Å². The highest BCUT2D eigenvalue weighted by molar-refractivity contribution is 5.96. The first-order valence-corrected chi connectivity index (χ1v) is 6.86. The van der Waals surface area contributed by atoms with E-state index >= 15 is 0 Å². The predicted molar refractivity (Wildman–Crippen MR) is 77.0 cm³/mol. The summed E-state index contributed by atoms with van der Waals surface area (Å²) in [7, 11) is 0. The number of carbonyl (C=O) groups is 2. The van der Waals surface area contributed by atoms with E-state index in [0.29, 0.717) is 11.3 Å². The van der Waals surface area contributed by atoms with Crippen molar-refractivity contribution in [2.24, 2.45) is 0 Å². The van der Waals surface area contributed by atoms with E-state index in [2.05, 4.69) is 10.6 Å². The lowest BCUT2D eigenvalue weighted by Crippen LogP contribution is -2.42. The van der Waals surface area contributed by atoms with Gasteiger partial charge in [0.15, 0.2) is 5.78 Å². The van der Waals surface area contributed by atoms with E-state index in [1.165, 1.54) is 6.92 Å². The summed E-state index contributed by atoms with van der Waals surface area (Å²) in [5.41, 5.74) is 1.18. The number of Topliss-reactive ketones (excluding diaryl/α,β-unsaturated/α-hetero) is 1. The molecule has 108 valence electrons. The molecule has 0 aromatic heterocycles. The van der Waals surface area contributed by atoms with Gasteiger partial charge in [0.25, 0.3) is 0 Å². The molecule has 0 bridgehead atoms. The molecule has 2 atom stereocenters. The monoisotopic (exact) mass is 276 g/mol. The van der Waals surface area contributed by atoms with Gasteiger partial charge in [0.1, 0.15) is 0 Å². The van der Waals surface area contributed by atoms with Crippen LogP contribution in [0, 0.1) is 0 Å². The van der Waals surface area contributed by atoms with Crippen LogP contribution in [-0.4, -0.2) is 30.6 Å². The van der Waals surface area contributed by atoms with Crippen molar-refractivity contribution >= 4 is 17.5 Å². The normalized spacial score (nSPS) is 19.4. The quantitative estimate of drug-likeness (QED) is 0.831. The number of benzene rings is 1. The van der Waals surface area contributed by atoms with E-state index in [-0.39, 0.29) is 24.0 Å². The third-order valence-electron chi connectivity index (χ3n) is 3.41. The van der Waals surface area contributed by atoms with Gasteiger partial charge in [-0.3, -0.25) is 4.79 Å². The summed E-state index contributed by atoms with van der Waals surface area (Å²) < 4.78 is 5.53. The Balaban J connectivity index is 1.90. The van der Waals surface area contributed by atoms with E-state index in [1.54, 1.807) is 24.3 Å². The van der Waals surface area contributed by atoms with Crippen LogP contribution in [0.1, 0.15) is 37.0 Å². The van der Waals surface area contributed by atoms with Gasteiger partial charge >= 0.3 is 6.03 Å². The predicted octanol–water partition coefficient (Wildman–Crippen LogP) is 2.58. The fourth-order valence-corrected chi connectivity index (χ4v) is 2.28. The number of carbonyl (C=O) groups excluding carboxylic acids is 2. The highest BCUT2D eigenvalue weighted by Gasteiger charge is 2.23. The average molecular weight is 276 g/mol. The Kier molecular flexibility index (Phi) is 4.74. The smallest absolute Gasteiger partial charge is 0.319 e. The molecular formula is C15H20N2O3. The maximum Gasteiger partial charge on any atom is 0.319 e. The lowest BCUT2D eigenvalue weighted by atomic mass is 10.1. The second-order valence-corrected chi connectivity index (χ2v) is 5.08. The SMILES string of the molecule is CC(=O)c1cccc(NC(=O)N[C@@H](C)[C@H]2CCCO2)c1. The van der Waals surface area contributed by atoms with E-state index in [9.17, 15) is 9.59 Å². The number of anilines is 1. The second-order valence-electron chi connectivity index (χ2n) is 5.08. The number of hydrogen-bond acceptors (Lipinski definition) is 3. The number of amides is 2. The van der Waals surface area contributed by atoms with E-state index in [4.69, 9.17) is 4.74 Å². The van der Waals surface area contributed by atoms with Crippen molar-refractivity contribution in [3.05, 3.63) is 29.8 Å². The zero-order valence-corrected chi connectivity index (χ0v) is 11.8. The zero-order valence-electron chi connectivity index (χ0n) is 11.8. The summed E-state index contributed by atoms with van der Waals surface area (Å²) in [5, 5.41) is 5.59. The number of urea groups is 1. The molecule has 1 heterocycles. The summed E-state index contributed by atoms with van der Waals surface area (Å²) >= 11 is 0. The Morgan fingerprint density at radius 1 is 1.40 bits per heavy atom. The van der Waals surface area contributed by atoms with Crippen LogP contribution in [0.5, 0.6) is 0 Å². The standard InChI is InChI=1S/C15H20N2O3/c1-10(14-7-4-8-20-14)16-15(19)17-13-6-3-5-12(9-13)11(2)18/h3,5-6,9-10,14H,4,7-8H2,1-2H3,(H2,16,17,19)/t10-,14+/m0/s1. The number of ketones is 1. The molecule has 1 fully saturated rings. The molecule has 0 saturated carbocycles. The molecule has 1 aromatic rings. The first-order valence-electron chi connectivity index (χ1n) is 6.86. The minimum absolute atomic E-state index is 0.0261. The van der Waals surface area contributed by atoms with Gasteiger partial charge in [-0.1, -0.05) is 12.1 Å². The van der Waals surface area contributed by atoms with Crippen LogP contribution in [0.15, 0.2) is 24.3 Å². The average Bonchev–Trinajstić information content (AvgIpc) is 2.92.